The lowest BCUT2D eigenvalue weighted by molar-refractivity contribution is -0.136. The summed E-state index contributed by atoms with van der Waals surface area (Å²) in [5.41, 5.74) is 1.93. The number of carbonyl (C=O) groups excluding carboxylic acids is 3. The van der Waals surface area contributed by atoms with E-state index in [0.717, 1.165) is 16.0 Å². The minimum absolute atomic E-state index is 0.0105. The summed E-state index contributed by atoms with van der Waals surface area (Å²) < 4.78 is 0. The van der Waals surface area contributed by atoms with Crippen molar-refractivity contribution >= 4 is 17.8 Å². The van der Waals surface area contributed by atoms with E-state index in [2.05, 4.69) is 0 Å². The van der Waals surface area contributed by atoms with Gasteiger partial charge < -0.3 is 9.80 Å². The Morgan fingerprint density at radius 2 is 1.50 bits per heavy atom. The lowest BCUT2D eigenvalue weighted by Gasteiger charge is -2.30. The van der Waals surface area contributed by atoms with Crippen LogP contribution in [0.2, 0.25) is 0 Å². The molecule has 2 aromatic carbocycles. The van der Waals surface area contributed by atoms with Gasteiger partial charge in [0.1, 0.15) is 13.1 Å². The SMILES string of the molecule is CN1CC(=O)N(CC(=O)N(C)C(c2ccccc2)c2ccccc2)C1=O. The third kappa shape index (κ3) is 3.44. The van der Waals surface area contributed by atoms with Crippen LogP contribution in [-0.4, -0.2) is 59.7 Å². The summed E-state index contributed by atoms with van der Waals surface area (Å²) in [4.78, 5) is 40.7. The van der Waals surface area contributed by atoms with Gasteiger partial charge in [-0.15, -0.1) is 0 Å². The highest BCUT2D eigenvalue weighted by Crippen LogP contribution is 2.27. The van der Waals surface area contributed by atoms with E-state index in [1.54, 1.807) is 19.0 Å². The fourth-order valence-electron chi connectivity index (χ4n) is 3.13. The zero-order valence-electron chi connectivity index (χ0n) is 14.8. The van der Waals surface area contributed by atoms with Crippen LogP contribution >= 0.6 is 0 Å². The Bertz CT molecular complexity index is 768. The predicted molar refractivity (Wildman–Crippen MR) is 97.2 cm³/mol. The van der Waals surface area contributed by atoms with Crippen LogP contribution in [0, 0.1) is 0 Å². The number of hydrogen-bond acceptors (Lipinski definition) is 3. The van der Waals surface area contributed by atoms with E-state index >= 15 is 0 Å². The minimum atomic E-state index is -0.437. The van der Waals surface area contributed by atoms with Crippen LogP contribution in [0.5, 0.6) is 0 Å². The highest BCUT2D eigenvalue weighted by atomic mass is 16.2. The van der Waals surface area contributed by atoms with Crippen molar-refractivity contribution in [3.63, 3.8) is 0 Å². The third-order valence-corrected chi connectivity index (χ3v) is 4.54. The molecular formula is C20H21N3O3. The van der Waals surface area contributed by atoms with Gasteiger partial charge in [0, 0.05) is 14.1 Å². The van der Waals surface area contributed by atoms with Gasteiger partial charge in [0.05, 0.1) is 6.04 Å². The fraction of sp³-hybridized carbons (Fsp3) is 0.250. The van der Waals surface area contributed by atoms with Crippen molar-refractivity contribution in [2.75, 3.05) is 27.2 Å². The summed E-state index contributed by atoms with van der Waals surface area (Å²) >= 11 is 0. The molecule has 0 unspecified atom stereocenters. The van der Waals surface area contributed by atoms with E-state index in [0.29, 0.717) is 0 Å². The molecule has 0 aliphatic carbocycles. The molecule has 1 aliphatic rings. The lowest BCUT2D eigenvalue weighted by Crippen LogP contribution is -2.43. The number of rotatable bonds is 5. The van der Waals surface area contributed by atoms with E-state index < -0.39 is 6.03 Å². The van der Waals surface area contributed by atoms with Crippen molar-refractivity contribution in [2.24, 2.45) is 0 Å². The summed E-state index contributed by atoms with van der Waals surface area (Å²) in [6, 6.07) is 18.6. The Balaban J connectivity index is 1.86. The first-order chi connectivity index (χ1) is 12.5. The number of imide groups is 1. The maximum Gasteiger partial charge on any atom is 0.327 e. The van der Waals surface area contributed by atoms with Gasteiger partial charge in [0.25, 0.3) is 5.91 Å². The molecule has 0 atom stereocenters. The fourth-order valence-corrected chi connectivity index (χ4v) is 3.13. The van der Waals surface area contributed by atoms with Gasteiger partial charge in [-0.1, -0.05) is 60.7 Å². The van der Waals surface area contributed by atoms with E-state index in [4.69, 9.17) is 0 Å². The minimum Gasteiger partial charge on any atom is -0.333 e. The van der Waals surface area contributed by atoms with Crippen LogP contribution in [0.3, 0.4) is 0 Å². The largest absolute Gasteiger partial charge is 0.333 e. The van der Waals surface area contributed by atoms with Crippen molar-refractivity contribution in [1.82, 2.24) is 14.7 Å². The van der Waals surface area contributed by atoms with Crippen molar-refractivity contribution in [1.29, 1.82) is 0 Å². The number of hydrogen-bond donors (Lipinski definition) is 0. The Morgan fingerprint density at radius 1 is 1.00 bits per heavy atom. The average Bonchev–Trinajstić information content (AvgIpc) is 2.89. The Kier molecular flexibility index (Phi) is 5.02. The van der Waals surface area contributed by atoms with Crippen LogP contribution in [0.15, 0.2) is 60.7 Å². The standard InChI is InChI=1S/C20H21N3O3/c1-21-13-18(25)23(20(21)26)14-17(24)22(2)19(15-9-5-3-6-10-15)16-11-7-4-8-12-16/h3-12,19H,13-14H2,1-2H3. The third-order valence-electron chi connectivity index (χ3n) is 4.54. The van der Waals surface area contributed by atoms with Crippen LogP contribution in [0.1, 0.15) is 17.2 Å². The highest BCUT2D eigenvalue weighted by Gasteiger charge is 2.36. The summed E-state index contributed by atoms with van der Waals surface area (Å²) in [5, 5.41) is 0. The second-order valence-corrected chi connectivity index (χ2v) is 6.35. The molecule has 1 aliphatic heterocycles. The van der Waals surface area contributed by atoms with Gasteiger partial charge in [-0.05, 0) is 11.1 Å². The number of carbonyl (C=O) groups is 3. The van der Waals surface area contributed by atoms with Crippen LogP contribution < -0.4 is 0 Å². The summed E-state index contributed by atoms with van der Waals surface area (Å²) in [6.45, 7) is -0.245. The molecule has 1 saturated heterocycles. The van der Waals surface area contributed by atoms with E-state index in [1.807, 2.05) is 60.7 Å². The second-order valence-electron chi connectivity index (χ2n) is 6.35. The molecule has 4 amide bonds. The number of urea groups is 1. The first kappa shape index (κ1) is 17.7. The molecule has 0 aromatic heterocycles. The van der Waals surface area contributed by atoms with Crippen molar-refractivity contribution in [3.8, 4) is 0 Å². The molecular weight excluding hydrogens is 330 g/mol. The lowest BCUT2D eigenvalue weighted by atomic mass is 9.97. The molecule has 0 spiro atoms. The zero-order chi connectivity index (χ0) is 18.7. The van der Waals surface area contributed by atoms with Gasteiger partial charge in [-0.3, -0.25) is 14.5 Å². The number of amides is 4. The maximum absolute atomic E-state index is 12.8. The van der Waals surface area contributed by atoms with Crippen molar-refractivity contribution < 1.29 is 14.4 Å². The van der Waals surface area contributed by atoms with E-state index in [9.17, 15) is 14.4 Å². The molecule has 134 valence electrons. The molecule has 1 heterocycles. The molecule has 6 heteroatoms. The second kappa shape index (κ2) is 7.39. The molecule has 1 fully saturated rings. The smallest absolute Gasteiger partial charge is 0.327 e. The normalized spacial score (nSPS) is 14.3. The summed E-state index contributed by atoms with van der Waals surface area (Å²) in [6.07, 6.45) is 0. The summed E-state index contributed by atoms with van der Waals surface area (Å²) in [5.74, 6) is -0.644. The van der Waals surface area contributed by atoms with Crippen LogP contribution in [0.25, 0.3) is 0 Å². The first-order valence-corrected chi connectivity index (χ1v) is 8.40. The Morgan fingerprint density at radius 3 is 1.92 bits per heavy atom. The topological polar surface area (TPSA) is 60.9 Å². The van der Waals surface area contributed by atoms with Gasteiger partial charge in [0.2, 0.25) is 5.91 Å². The van der Waals surface area contributed by atoms with Gasteiger partial charge in [-0.25, -0.2) is 4.79 Å². The van der Waals surface area contributed by atoms with Gasteiger partial charge in [0.15, 0.2) is 0 Å². The van der Waals surface area contributed by atoms with E-state index in [1.165, 1.54) is 4.90 Å². The summed E-state index contributed by atoms with van der Waals surface area (Å²) in [7, 11) is 3.24. The molecule has 2 aromatic rings. The monoisotopic (exact) mass is 351 g/mol. The Labute approximate surface area is 152 Å². The maximum atomic E-state index is 12.8. The van der Waals surface area contributed by atoms with Crippen molar-refractivity contribution in [2.45, 2.75) is 6.04 Å². The number of likely N-dealkylation sites (N-methyl/N-ethyl adjacent to an activating group) is 2. The number of benzene rings is 2. The van der Waals surface area contributed by atoms with Crippen molar-refractivity contribution in [3.05, 3.63) is 71.8 Å². The van der Waals surface area contributed by atoms with Crippen LogP contribution in [0.4, 0.5) is 4.79 Å². The first-order valence-electron chi connectivity index (χ1n) is 8.40. The molecule has 0 N–H and O–H groups in total. The van der Waals surface area contributed by atoms with Crippen LogP contribution in [-0.2, 0) is 9.59 Å². The quantitative estimate of drug-likeness (QED) is 0.776. The molecule has 0 bridgehead atoms. The molecule has 0 radical (unpaired) electrons. The van der Waals surface area contributed by atoms with Gasteiger partial charge >= 0.3 is 6.03 Å². The van der Waals surface area contributed by atoms with Gasteiger partial charge in [-0.2, -0.15) is 0 Å². The average molecular weight is 351 g/mol. The highest BCUT2D eigenvalue weighted by molar-refractivity contribution is 6.04. The molecule has 26 heavy (non-hydrogen) atoms. The Hall–Kier alpha value is -3.15. The molecule has 6 nitrogen and oxygen atoms in total. The molecule has 0 saturated carbocycles. The zero-order valence-corrected chi connectivity index (χ0v) is 14.8. The van der Waals surface area contributed by atoms with E-state index in [-0.39, 0.29) is 30.9 Å². The molecule has 3 rings (SSSR count). The number of nitrogens with zero attached hydrogens (tertiary/aromatic N) is 3. The predicted octanol–water partition coefficient (Wildman–Crippen LogP) is 2.13.